The summed E-state index contributed by atoms with van der Waals surface area (Å²) in [5.74, 6) is 1.71. The number of aryl methyl sites for hydroxylation is 1. The van der Waals surface area contributed by atoms with Crippen molar-refractivity contribution in [3.8, 4) is 21.3 Å². The van der Waals surface area contributed by atoms with Gasteiger partial charge in [-0.15, -0.1) is 32.9 Å². The van der Waals surface area contributed by atoms with Crippen molar-refractivity contribution in [1.29, 1.82) is 0 Å². The number of benzene rings is 1. The molecule has 1 aliphatic heterocycles. The number of carbonyl (C=O) groups is 1. The Bertz CT molecular complexity index is 1150. The van der Waals surface area contributed by atoms with Gasteiger partial charge in [0.15, 0.2) is 5.82 Å². The lowest BCUT2D eigenvalue weighted by molar-refractivity contribution is 0.102. The topological polar surface area (TPSA) is 72.7 Å². The molecule has 29 heavy (non-hydrogen) atoms. The number of thiazole rings is 1. The zero-order chi connectivity index (χ0) is 19.6. The summed E-state index contributed by atoms with van der Waals surface area (Å²) in [5, 5.41) is 16.4. The number of rotatable bonds is 4. The van der Waals surface area contributed by atoms with Gasteiger partial charge in [0.25, 0.3) is 5.91 Å². The molecule has 0 bridgehead atoms. The van der Waals surface area contributed by atoms with Crippen LogP contribution in [0.3, 0.4) is 0 Å². The largest absolute Gasteiger partial charge is 0.321 e. The molecule has 0 saturated carbocycles. The maximum Gasteiger partial charge on any atom is 0.275 e. The summed E-state index contributed by atoms with van der Waals surface area (Å²) in [6.07, 6.45) is 4.50. The molecule has 5 rings (SSSR count). The maximum absolute atomic E-state index is 12.7. The molecule has 0 spiro atoms. The van der Waals surface area contributed by atoms with Crippen molar-refractivity contribution < 1.29 is 4.79 Å². The third-order valence-corrected chi connectivity index (χ3v) is 6.84. The van der Waals surface area contributed by atoms with Crippen LogP contribution in [-0.2, 0) is 13.0 Å². The molecule has 0 unspecified atom stereocenters. The van der Waals surface area contributed by atoms with Crippen molar-refractivity contribution in [2.45, 2.75) is 32.2 Å². The fraction of sp³-hybridized carbons (Fsp3) is 0.238. The summed E-state index contributed by atoms with van der Waals surface area (Å²) < 4.78 is 2.21. The molecule has 1 N–H and O–H groups in total. The van der Waals surface area contributed by atoms with Gasteiger partial charge < -0.3 is 9.88 Å². The fourth-order valence-electron chi connectivity index (χ4n) is 3.52. The van der Waals surface area contributed by atoms with E-state index < -0.39 is 0 Å². The molecule has 1 aliphatic rings. The molecule has 4 aromatic rings. The lowest BCUT2D eigenvalue weighted by Crippen LogP contribution is -2.12. The maximum atomic E-state index is 12.7. The smallest absolute Gasteiger partial charge is 0.275 e. The first-order valence-electron chi connectivity index (χ1n) is 9.61. The van der Waals surface area contributed by atoms with Gasteiger partial charge in [0.1, 0.15) is 16.5 Å². The second-order valence-electron chi connectivity index (χ2n) is 6.95. The van der Waals surface area contributed by atoms with Crippen molar-refractivity contribution in [2.24, 2.45) is 0 Å². The summed E-state index contributed by atoms with van der Waals surface area (Å²) in [4.78, 5) is 18.2. The zero-order valence-electron chi connectivity index (χ0n) is 15.7. The highest BCUT2D eigenvalue weighted by Crippen LogP contribution is 2.29. The molecule has 1 aromatic carbocycles. The third kappa shape index (κ3) is 3.73. The quantitative estimate of drug-likeness (QED) is 0.497. The van der Waals surface area contributed by atoms with E-state index in [2.05, 4.69) is 25.1 Å². The van der Waals surface area contributed by atoms with Gasteiger partial charge in [0.05, 0.1) is 4.88 Å². The second kappa shape index (κ2) is 7.88. The minimum absolute atomic E-state index is 0.207. The van der Waals surface area contributed by atoms with Crippen LogP contribution in [-0.4, -0.2) is 25.7 Å². The first-order valence-corrected chi connectivity index (χ1v) is 11.4. The second-order valence-corrected chi connectivity index (χ2v) is 8.76. The van der Waals surface area contributed by atoms with Crippen molar-refractivity contribution in [1.82, 2.24) is 19.7 Å². The van der Waals surface area contributed by atoms with Gasteiger partial charge in [0, 0.05) is 29.6 Å². The van der Waals surface area contributed by atoms with Crippen LogP contribution in [0.5, 0.6) is 0 Å². The van der Waals surface area contributed by atoms with Crippen LogP contribution in [0.15, 0.2) is 47.2 Å². The molecule has 0 aliphatic carbocycles. The molecule has 0 fully saturated rings. The summed E-state index contributed by atoms with van der Waals surface area (Å²) in [6, 6.07) is 11.8. The van der Waals surface area contributed by atoms with Crippen molar-refractivity contribution in [3.05, 3.63) is 58.7 Å². The summed E-state index contributed by atoms with van der Waals surface area (Å²) in [7, 11) is 0. The van der Waals surface area contributed by atoms with Gasteiger partial charge in [-0.3, -0.25) is 4.79 Å². The molecule has 6 nitrogen and oxygen atoms in total. The first-order chi connectivity index (χ1) is 14.3. The molecule has 0 saturated heterocycles. The predicted octanol–water partition coefficient (Wildman–Crippen LogP) is 5.11. The van der Waals surface area contributed by atoms with Crippen molar-refractivity contribution >= 4 is 34.3 Å². The lowest BCUT2D eigenvalue weighted by atomic mass is 10.2. The monoisotopic (exact) mass is 421 g/mol. The molecule has 146 valence electrons. The molecule has 8 heteroatoms. The van der Waals surface area contributed by atoms with Crippen molar-refractivity contribution in [2.75, 3.05) is 5.32 Å². The van der Waals surface area contributed by atoms with Gasteiger partial charge in [-0.25, -0.2) is 4.98 Å². The van der Waals surface area contributed by atoms with E-state index in [-0.39, 0.29) is 5.91 Å². The Balaban J connectivity index is 1.37. The third-order valence-electron chi connectivity index (χ3n) is 4.96. The number of thiophene rings is 1. The van der Waals surface area contributed by atoms with Crippen LogP contribution in [0.2, 0.25) is 0 Å². The average Bonchev–Trinajstić information content (AvgIpc) is 3.47. The standard InChI is InChI=1S/C21H19N5OS2/c27-20(16-13-29-21(23-16)17-8-5-11-28-17)22-15-7-4-6-14(12-15)19-25-24-18-9-2-1-3-10-26(18)19/h4-8,11-13H,1-3,9-10H2,(H,22,27). The Morgan fingerprint density at radius 1 is 1.07 bits per heavy atom. The van der Waals surface area contributed by atoms with Gasteiger partial charge in [-0.1, -0.05) is 24.6 Å². The number of hydrogen-bond donors (Lipinski definition) is 1. The van der Waals surface area contributed by atoms with E-state index in [1.165, 1.54) is 17.8 Å². The Labute approximate surface area is 176 Å². The van der Waals surface area contributed by atoms with Crippen LogP contribution < -0.4 is 5.32 Å². The van der Waals surface area contributed by atoms with Crippen LogP contribution in [0.1, 0.15) is 35.6 Å². The Hall–Kier alpha value is -2.84. The number of fused-ring (bicyclic) bond motifs is 1. The summed E-state index contributed by atoms with van der Waals surface area (Å²) >= 11 is 3.10. The molecule has 0 atom stereocenters. The molecule has 4 heterocycles. The van der Waals surface area contributed by atoms with E-state index in [0.29, 0.717) is 5.69 Å². The molecule has 0 radical (unpaired) electrons. The fourth-order valence-corrected chi connectivity index (χ4v) is 5.14. The molecule has 3 aromatic heterocycles. The lowest BCUT2D eigenvalue weighted by Gasteiger charge is -2.09. The van der Waals surface area contributed by atoms with Gasteiger partial charge in [0.2, 0.25) is 0 Å². The number of aromatic nitrogens is 4. The number of hydrogen-bond acceptors (Lipinski definition) is 6. The normalized spacial score (nSPS) is 13.7. The highest BCUT2D eigenvalue weighted by Gasteiger charge is 2.17. The number of nitrogens with one attached hydrogen (secondary N) is 1. The van der Waals surface area contributed by atoms with Crippen molar-refractivity contribution in [3.63, 3.8) is 0 Å². The van der Waals surface area contributed by atoms with E-state index in [1.807, 2.05) is 41.8 Å². The number of anilines is 1. The first kappa shape index (κ1) is 18.2. The van der Waals surface area contributed by atoms with E-state index in [4.69, 9.17) is 0 Å². The highest BCUT2D eigenvalue weighted by atomic mass is 32.1. The van der Waals surface area contributed by atoms with E-state index in [1.54, 1.807) is 16.7 Å². The predicted molar refractivity (Wildman–Crippen MR) is 116 cm³/mol. The number of carbonyl (C=O) groups excluding carboxylic acids is 1. The Morgan fingerprint density at radius 2 is 2.03 bits per heavy atom. The van der Waals surface area contributed by atoms with Gasteiger partial charge >= 0.3 is 0 Å². The molecular formula is C21H19N5OS2. The minimum Gasteiger partial charge on any atom is -0.321 e. The van der Waals surface area contributed by atoms with E-state index >= 15 is 0 Å². The summed E-state index contributed by atoms with van der Waals surface area (Å²) in [5.41, 5.74) is 2.12. The number of nitrogens with zero attached hydrogens (tertiary/aromatic N) is 4. The van der Waals surface area contributed by atoms with E-state index in [0.717, 1.165) is 58.6 Å². The van der Waals surface area contributed by atoms with E-state index in [9.17, 15) is 4.79 Å². The Morgan fingerprint density at radius 3 is 2.93 bits per heavy atom. The van der Waals surface area contributed by atoms with Crippen LogP contribution >= 0.6 is 22.7 Å². The van der Waals surface area contributed by atoms with Crippen LogP contribution in [0, 0.1) is 0 Å². The Kier molecular flexibility index (Phi) is 4.95. The SMILES string of the molecule is O=C(Nc1cccc(-c2nnc3n2CCCCC3)c1)c1csc(-c2cccs2)n1. The average molecular weight is 422 g/mol. The minimum atomic E-state index is -0.207. The van der Waals surface area contributed by atoms with Crippen LogP contribution in [0.4, 0.5) is 5.69 Å². The van der Waals surface area contributed by atoms with Crippen LogP contribution in [0.25, 0.3) is 21.3 Å². The number of amides is 1. The van der Waals surface area contributed by atoms with Gasteiger partial charge in [-0.05, 0) is 36.4 Å². The molecular weight excluding hydrogens is 402 g/mol. The highest BCUT2D eigenvalue weighted by molar-refractivity contribution is 7.20. The zero-order valence-corrected chi connectivity index (χ0v) is 17.3. The van der Waals surface area contributed by atoms with Gasteiger partial charge in [-0.2, -0.15) is 0 Å². The summed E-state index contributed by atoms with van der Waals surface area (Å²) in [6.45, 7) is 0.943. The molecule has 1 amide bonds.